The normalized spacial score (nSPS) is 10.2. The van der Waals surface area contributed by atoms with Gasteiger partial charge in [-0.15, -0.1) is 0 Å². The SMILES string of the molecule is COc1cc(CNc2ccccc2I)cc(OC)c1O. The number of phenols is 1. The first-order valence-electron chi connectivity index (χ1n) is 6.08. The average Bonchev–Trinajstić information content (AvgIpc) is 2.47. The van der Waals surface area contributed by atoms with E-state index in [0.29, 0.717) is 18.0 Å². The predicted octanol–water partition coefficient (Wildman–Crippen LogP) is 3.63. The lowest BCUT2D eigenvalue weighted by atomic mass is 10.1. The van der Waals surface area contributed by atoms with Gasteiger partial charge in [0.05, 0.1) is 14.2 Å². The summed E-state index contributed by atoms with van der Waals surface area (Å²) in [5, 5.41) is 13.2. The van der Waals surface area contributed by atoms with Crippen molar-refractivity contribution in [2.24, 2.45) is 0 Å². The van der Waals surface area contributed by atoms with Gasteiger partial charge < -0.3 is 19.9 Å². The molecule has 0 aliphatic carbocycles. The van der Waals surface area contributed by atoms with Gasteiger partial charge in [0.2, 0.25) is 5.75 Å². The summed E-state index contributed by atoms with van der Waals surface area (Å²) in [6.45, 7) is 0.618. The molecule has 2 aromatic carbocycles. The van der Waals surface area contributed by atoms with E-state index in [2.05, 4.69) is 27.9 Å². The Morgan fingerprint density at radius 3 is 2.25 bits per heavy atom. The maximum Gasteiger partial charge on any atom is 0.200 e. The van der Waals surface area contributed by atoms with Gasteiger partial charge in [0.1, 0.15) is 0 Å². The van der Waals surface area contributed by atoms with Crippen molar-refractivity contribution in [1.82, 2.24) is 0 Å². The number of methoxy groups -OCH3 is 2. The number of benzene rings is 2. The zero-order chi connectivity index (χ0) is 14.5. The van der Waals surface area contributed by atoms with E-state index >= 15 is 0 Å². The van der Waals surface area contributed by atoms with Gasteiger partial charge in [0.25, 0.3) is 0 Å². The Hall–Kier alpha value is -1.63. The third kappa shape index (κ3) is 3.27. The Balaban J connectivity index is 2.19. The number of hydrogen-bond acceptors (Lipinski definition) is 4. The molecule has 20 heavy (non-hydrogen) atoms. The molecule has 0 fully saturated rings. The van der Waals surface area contributed by atoms with Gasteiger partial charge >= 0.3 is 0 Å². The molecule has 0 atom stereocenters. The van der Waals surface area contributed by atoms with E-state index in [-0.39, 0.29) is 5.75 Å². The van der Waals surface area contributed by atoms with Crippen LogP contribution in [0.1, 0.15) is 5.56 Å². The topological polar surface area (TPSA) is 50.7 Å². The van der Waals surface area contributed by atoms with E-state index in [4.69, 9.17) is 9.47 Å². The summed E-state index contributed by atoms with van der Waals surface area (Å²) < 4.78 is 11.4. The highest BCUT2D eigenvalue weighted by molar-refractivity contribution is 14.1. The smallest absolute Gasteiger partial charge is 0.200 e. The zero-order valence-corrected chi connectivity index (χ0v) is 13.5. The van der Waals surface area contributed by atoms with Crippen LogP contribution in [0, 0.1) is 3.57 Å². The Morgan fingerprint density at radius 1 is 1.10 bits per heavy atom. The average molecular weight is 385 g/mol. The first-order valence-corrected chi connectivity index (χ1v) is 7.16. The van der Waals surface area contributed by atoms with Crippen LogP contribution in [0.3, 0.4) is 0 Å². The fourth-order valence-corrected chi connectivity index (χ4v) is 2.43. The van der Waals surface area contributed by atoms with Crippen molar-refractivity contribution in [3.63, 3.8) is 0 Å². The predicted molar refractivity (Wildman–Crippen MR) is 87.7 cm³/mol. The van der Waals surface area contributed by atoms with E-state index in [0.717, 1.165) is 14.8 Å². The highest BCUT2D eigenvalue weighted by atomic mass is 127. The Bertz CT molecular complexity index is 576. The third-order valence-electron chi connectivity index (χ3n) is 2.90. The summed E-state index contributed by atoms with van der Waals surface area (Å²) in [6, 6.07) is 11.6. The van der Waals surface area contributed by atoms with Crippen molar-refractivity contribution in [3.8, 4) is 17.2 Å². The third-order valence-corrected chi connectivity index (χ3v) is 3.84. The van der Waals surface area contributed by atoms with Crippen molar-refractivity contribution in [2.45, 2.75) is 6.54 Å². The van der Waals surface area contributed by atoms with Crippen LogP contribution in [0.25, 0.3) is 0 Å². The second kappa shape index (κ2) is 6.69. The van der Waals surface area contributed by atoms with Gasteiger partial charge in [-0.05, 0) is 52.4 Å². The van der Waals surface area contributed by atoms with Crippen LogP contribution in [-0.4, -0.2) is 19.3 Å². The maximum atomic E-state index is 9.87. The minimum Gasteiger partial charge on any atom is -0.502 e. The Morgan fingerprint density at radius 2 is 1.70 bits per heavy atom. The number of para-hydroxylation sites is 1. The van der Waals surface area contributed by atoms with E-state index in [9.17, 15) is 5.11 Å². The molecule has 0 bridgehead atoms. The molecule has 2 rings (SSSR count). The fraction of sp³-hybridized carbons (Fsp3) is 0.200. The Kier molecular flexibility index (Phi) is 4.94. The Labute approximate surface area is 131 Å². The molecule has 4 nitrogen and oxygen atoms in total. The molecule has 0 spiro atoms. The standard InChI is InChI=1S/C15H16INO3/c1-19-13-7-10(8-14(20-2)15(13)18)9-17-12-6-4-3-5-11(12)16/h3-8,17-18H,9H2,1-2H3. The highest BCUT2D eigenvalue weighted by Crippen LogP contribution is 2.37. The van der Waals surface area contributed by atoms with Crippen LogP contribution in [0.4, 0.5) is 5.69 Å². The van der Waals surface area contributed by atoms with Crippen molar-refractivity contribution < 1.29 is 14.6 Å². The molecule has 0 saturated heterocycles. The first-order chi connectivity index (χ1) is 9.65. The fourth-order valence-electron chi connectivity index (χ4n) is 1.85. The van der Waals surface area contributed by atoms with Crippen molar-refractivity contribution in [3.05, 3.63) is 45.5 Å². The quantitative estimate of drug-likeness (QED) is 0.772. The molecule has 0 unspecified atom stereocenters. The number of ether oxygens (including phenoxy) is 2. The van der Waals surface area contributed by atoms with Crippen LogP contribution in [0.15, 0.2) is 36.4 Å². The molecule has 0 heterocycles. The van der Waals surface area contributed by atoms with E-state index in [1.54, 1.807) is 12.1 Å². The molecule has 0 amide bonds. The summed E-state index contributed by atoms with van der Waals surface area (Å²) in [5.74, 6) is 0.834. The molecule has 2 N–H and O–H groups in total. The molecule has 0 aromatic heterocycles. The molecule has 0 saturated carbocycles. The van der Waals surface area contributed by atoms with Crippen molar-refractivity contribution in [2.75, 3.05) is 19.5 Å². The van der Waals surface area contributed by atoms with Crippen LogP contribution in [0.2, 0.25) is 0 Å². The van der Waals surface area contributed by atoms with Crippen LogP contribution in [0.5, 0.6) is 17.2 Å². The van der Waals surface area contributed by atoms with Crippen LogP contribution in [-0.2, 0) is 6.54 Å². The second-order valence-corrected chi connectivity index (χ2v) is 5.34. The largest absolute Gasteiger partial charge is 0.502 e. The zero-order valence-electron chi connectivity index (χ0n) is 11.3. The van der Waals surface area contributed by atoms with Gasteiger partial charge in [-0.3, -0.25) is 0 Å². The van der Waals surface area contributed by atoms with Gasteiger partial charge in [-0.2, -0.15) is 0 Å². The van der Waals surface area contributed by atoms with Gasteiger partial charge in [0.15, 0.2) is 11.5 Å². The minimum atomic E-state index is 0.0213. The van der Waals surface area contributed by atoms with E-state index in [1.165, 1.54) is 14.2 Å². The highest BCUT2D eigenvalue weighted by Gasteiger charge is 2.11. The number of phenolic OH excluding ortho intramolecular Hbond substituents is 1. The second-order valence-electron chi connectivity index (χ2n) is 4.18. The van der Waals surface area contributed by atoms with Gasteiger partial charge in [0, 0.05) is 15.8 Å². The monoisotopic (exact) mass is 385 g/mol. The minimum absolute atomic E-state index is 0.0213. The summed E-state index contributed by atoms with van der Waals surface area (Å²) in [5.41, 5.74) is 2.04. The molecular formula is C15H16INO3. The lowest BCUT2D eigenvalue weighted by molar-refractivity contribution is 0.339. The summed E-state index contributed by atoms with van der Waals surface area (Å²) in [6.07, 6.45) is 0. The lowest BCUT2D eigenvalue weighted by Gasteiger charge is -2.13. The maximum absolute atomic E-state index is 9.87. The number of nitrogens with one attached hydrogen (secondary N) is 1. The van der Waals surface area contributed by atoms with Crippen LogP contribution < -0.4 is 14.8 Å². The summed E-state index contributed by atoms with van der Waals surface area (Å²) in [7, 11) is 3.04. The van der Waals surface area contributed by atoms with Crippen molar-refractivity contribution >= 4 is 28.3 Å². The van der Waals surface area contributed by atoms with Crippen molar-refractivity contribution in [1.29, 1.82) is 0 Å². The number of anilines is 1. The molecular weight excluding hydrogens is 369 g/mol. The van der Waals surface area contributed by atoms with Gasteiger partial charge in [-0.25, -0.2) is 0 Å². The molecule has 106 valence electrons. The molecule has 0 aliphatic rings. The van der Waals surface area contributed by atoms with E-state index in [1.807, 2.05) is 24.3 Å². The number of rotatable bonds is 5. The number of hydrogen-bond donors (Lipinski definition) is 2. The molecule has 2 aromatic rings. The molecule has 0 aliphatic heterocycles. The summed E-state index contributed by atoms with van der Waals surface area (Å²) in [4.78, 5) is 0. The lowest BCUT2D eigenvalue weighted by Crippen LogP contribution is -2.02. The molecule has 0 radical (unpaired) electrons. The van der Waals surface area contributed by atoms with Crippen LogP contribution >= 0.6 is 22.6 Å². The number of halogens is 1. The van der Waals surface area contributed by atoms with Gasteiger partial charge in [-0.1, -0.05) is 12.1 Å². The number of aromatic hydroxyl groups is 1. The van der Waals surface area contributed by atoms with E-state index < -0.39 is 0 Å². The first kappa shape index (κ1) is 14.8. The molecule has 5 heteroatoms. The summed E-state index contributed by atoms with van der Waals surface area (Å²) >= 11 is 2.28.